The molecule has 6 nitrogen and oxygen atoms in total. The van der Waals surface area contributed by atoms with E-state index in [2.05, 4.69) is 33.8 Å². The molecule has 1 heterocycles. The lowest BCUT2D eigenvalue weighted by Gasteiger charge is -2.31. The van der Waals surface area contributed by atoms with E-state index in [-0.39, 0.29) is 11.5 Å². The predicted molar refractivity (Wildman–Crippen MR) is 112 cm³/mol. The summed E-state index contributed by atoms with van der Waals surface area (Å²) in [6, 6.07) is 8.53. The first-order chi connectivity index (χ1) is 13.8. The number of nitrogens with one attached hydrogen (secondary N) is 2. The highest BCUT2D eigenvalue weighted by atomic mass is 16.5. The molecule has 1 unspecified atom stereocenters. The zero-order valence-electron chi connectivity index (χ0n) is 17.3. The van der Waals surface area contributed by atoms with Crippen molar-refractivity contribution in [2.24, 2.45) is 4.99 Å². The van der Waals surface area contributed by atoms with E-state index in [0.29, 0.717) is 0 Å². The second-order valence-electron chi connectivity index (χ2n) is 7.78. The molecule has 1 saturated heterocycles. The first kappa shape index (κ1) is 20.9. The minimum absolute atomic E-state index is 0.151. The van der Waals surface area contributed by atoms with Crippen LogP contribution in [0.2, 0.25) is 0 Å². The van der Waals surface area contributed by atoms with Gasteiger partial charge in [0.25, 0.3) is 0 Å². The summed E-state index contributed by atoms with van der Waals surface area (Å²) in [5.74, 6) is 1.79. The zero-order chi connectivity index (χ0) is 19.7. The molecule has 2 N–H and O–H groups in total. The van der Waals surface area contributed by atoms with Gasteiger partial charge in [-0.05, 0) is 43.4 Å². The van der Waals surface area contributed by atoms with Crippen molar-refractivity contribution in [3.8, 4) is 5.75 Å². The number of methoxy groups -OCH3 is 1. The van der Waals surface area contributed by atoms with Crippen molar-refractivity contribution in [1.29, 1.82) is 0 Å². The lowest BCUT2D eigenvalue weighted by molar-refractivity contribution is 0.0420. The lowest BCUT2D eigenvalue weighted by atomic mass is 9.78. The summed E-state index contributed by atoms with van der Waals surface area (Å²) in [5.41, 5.74) is 1.51. The maximum atomic E-state index is 5.82. The van der Waals surface area contributed by atoms with Crippen molar-refractivity contribution >= 4 is 5.96 Å². The van der Waals surface area contributed by atoms with E-state index >= 15 is 0 Å². The Labute approximate surface area is 169 Å². The highest BCUT2D eigenvalue weighted by Crippen LogP contribution is 2.41. The maximum absolute atomic E-state index is 5.82. The molecular weight excluding hydrogens is 354 g/mol. The molecule has 156 valence electrons. The Bertz CT molecular complexity index is 623. The van der Waals surface area contributed by atoms with Gasteiger partial charge in [0.1, 0.15) is 5.75 Å². The van der Waals surface area contributed by atoms with Crippen LogP contribution in [0.1, 0.15) is 44.1 Å². The molecule has 0 amide bonds. The number of nitrogens with zero attached hydrogens (tertiary/aromatic N) is 1. The van der Waals surface area contributed by atoms with Crippen LogP contribution in [0.25, 0.3) is 0 Å². The van der Waals surface area contributed by atoms with Gasteiger partial charge in [0.2, 0.25) is 0 Å². The highest BCUT2D eigenvalue weighted by molar-refractivity contribution is 5.79. The SMILES string of the molecule is CN=C(NCCCOC1CCOC1)NCC1(c2cccc(OC)c2)CCCC1. The second-order valence-corrected chi connectivity index (χ2v) is 7.78. The zero-order valence-corrected chi connectivity index (χ0v) is 17.3. The Hall–Kier alpha value is -1.79. The molecule has 1 aliphatic heterocycles. The van der Waals surface area contributed by atoms with Crippen LogP contribution in [0.4, 0.5) is 0 Å². The molecule has 6 heteroatoms. The number of aliphatic imine (C=N–C) groups is 1. The smallest absolute Gasteiger partial charge is 0.191 e. The van der Waals surface area contributed by atoms with Crippen molar-refractivity contribution in [2.45, 2.75) is 50.0 Å². The first-order valence-corrected chi connectivity index (χ1v) is 10.5. The Morgan fingerprint density at radius 1 is 1.29 bits per heavy atom. The molecule has 2 aliphatic rings. The summed E-state index contributed by atoms with van der Waals surface area (Å²) >= 11 is 0. The third kappa shape index (κ3) is 5.61. The molecule has 0 radical (unpaired) electrons. The molecule has 3 rings (SSSR count). The van der Waals surface area contributed by atoms with Crippen LogP contribution in [0.15, 0.2) is 29.3 Å². The number of ether oxygens (including phenoxy) is 3. The summed E-state index contributed by atoms with van der Waals surface area (Å²) < 4.78 is 16.6. The molecular formula is C22H35N3O3. The van der Waals surface area contributed by atoms with E-state index in [1.54, 1.807) is 7.11 Å². The molecule has 2 fully saturated rings. The normalized spacial score (nSPS) is 21.6. The van der Waals surface area contributed by atoms with E-state index in [1.807, 2.05) is 13.1 Å². The molecule has 0 spiro atoms. The topological polar surface area (TPSA) is 64.1 Å². The summed E-state index contributed by atoms with van der Waals surface area (Å²) in [5, 5.41) is 6.97. The van der Waals surface area contributed by atoms with E-state index in [4.69, 9.17) is 14.2 Å². The Morgan fingerprint density at radius 2 is 2.14 bits per heavy atom. The lowest BCUT2D eigenvalue weighted by Crippen LogP contribution is -2.45. The fraction of sp³-hybridized carbons (Fsp3) is 0.682. The number of hydrogen-bond donors (Lipinski definition) is 2. The van der Waals surface area contributed by atoms with Crippen LogP contribution >= 0.6 is 0 Å². The van der Waals surface area contributed by atoms with E-state index in [9.17, 15) is 0 Å². The van der Waals surface area contributed by atoms with Crippen LogP contribution in [0.5, 0.6) is 5.75 Å². The highest BCUT2D eigenvalue weighted by Gasteiger charge is 2.36. The van der Waals surface area contributed by atoms with Crippen LogP contribution in [-0.4, -0.2) is 59.1 Å². The Balaban J connectivity index is 1.46. The molecule has 0 aromatic heterocycles. The summed E-state index contributed by atoms with van der Waals surface area (Å²) in [4.78, 5) is 4.39. The van der Waals surface area contributed by atoms with Gasteiger partial charge in [-0.3, -0.25) is 4.99 Å². The standard InChI is InChI=1S/C22H35N3O3/c1-23-21(24-12-6-13-28-20-9-14-27-16-20)25-17-22(10-3-4-11-22)18-7-5-8-19(15-18)26-2/h5,7-8,15,20H,3-4,6,9-14,16-17H2,1-2H3,(H2,23,24,25). The van der Waals surface area contributed by atoms with E-state index in [0.717, 1.165) is 57.5 Å². The van der Waals surface area contributed by atoms with Gasteiger partial charge in [0, 0.05) is 38.8 Å². The predicted octanol–water partition coefficient (Wildman–Crippen LogP) is 2.87. The van der Waals surface area contributed by atoms with Gasteiger partial charge in [0.15, 0.2) is 5.96 Å². The van der Waals surface area contributed by atoms with Gasteiger partial charge >= 0.3 is 0 Å². The third-order valence-electron chi connectivity index (χ3n) is 5.92. The van der Waals surface area contributed by atoms with Crippen molar-refractivity contribution in [1.82, 2.24) is 10.6 Å². The summed E-state index contributed by atoms with van der Waals surface area (Å²) in [6.07, 6.45) is 7.19. The number of benzene rings is 1. The quantitative estimate of drug-likeness (QED) is 0.386. The third-order valence-corrected chi connectivity index (χ3v) is 5.92. The minimum atomic E-state index is 0.151. The maximum Gasteiger partial charge on any atom is 0.191 e. The van der Waals surface area contributed by atoms with Gasteiger partial charge < -0.3 is 24.8 Å². The average molecular weight is 390 g/mol. The molecule has 0 bridgehead atoms. The van der Waals surface area contributed by atoms with Gasteiger partial charge in [-0.15, -0.1) is 0 Å². The van der Waals surface area contributed by atoms with Gasteiger partial charge in [-0.25, -0.2) is 0 Å². The number of guanidine groups is 1. The summed E-state index contributed by atoms with van der Waals surface area (Å²) in [6.45, 7) is 4.05. The Kier molecular flexibility index (Phi) is 7.98. The fourth-order valence-corrected chi connectivity index (χ4v) is 4.22. The Morgan fingerprint density at radius 3 is 2.86 bits per heavy atom. The van der Waals surface area contributed by atoms with Gasteiger partial charge in [-0.1, -0.05) is 25.0 Å². The van der Waals surface area contributed by atoms with Crippen LogP contribution in [0.3, 0.4) is 0 Å². The monoisotopic (exact) mass is 389 g/mol. The first-order valence-electron chi connectivity index (χ1n) is 10.5. The molecule has 1 saturated carbocycles. The number of rotatable bonds is 9. The van der Waals surface area contributed by atoms with Crippen molar-refractivity contribution in [3.63, 3.8) is 0 Å². The number of hydrogen-bond acceptors (Lipinski definition) is 4. The minimum Gasteiger partial charge on any atom is -0.497 e. The largest absolute Gasteiger partial charge is 0.497 e. The van der Waals surface area contributed by atoms with Crippen LogP contribution < -0.4 is 15.4 Å². The van der Waals surface area contributed by atoms with Crippen molar-refractivity contribution < 1.29 is 14.2 Å². The van der Waals surface area contributed by atoms with E-state index < -0.39 is 0 Å². The summed E-state index contributed by atoms with van der Waals surface area (Å²) in [7, 11) is 3.56. The van der Waals surface area contributed by atoms with Crippen LogP contribution in [-0.2, 0) is 14.9 Å². The molecule has 28 heavy (non-hydrogen) atoms. The average Bonchev–Trinajstić information content (AvgIpc) is 3.43. The van der Waals surface area contributed by atoms with Gasteiger partial charge in [-0.2, -0.15) is 0 Å². The molecule has 1 atom stereocenters. The van der Waals surface area contributed by atoms with Crippen molar-refractivity contribution in [2.75, 3.05) is 47.1 Å². The second kappa shape index (κ2) is 10.7. The van der Waals surface area contributed by atoms with Crippen molar-refractivity contribution in [3.05, 3.63) is 29.8 Å². The fourth-order valence-electron chi connectivity index (χ4n) is 4.22. The molecule has 1 aromatic carbocycles. The molecule has 1 aliphatic carbocycles. The van der Waals surface area contributed by atoms with Crippen LogP contribution in [0, 0.1) is 0 Å². The van der Waals surface area contributed by atoms with Gasteiger partial charge in [0.05, 0.1) is 19.8 Å². The molecule has 1 aromatic rings. The van der Waals surface area contributed by atoms with E-state index in [1.165, 1.54) is 31.2 Å².